The van der Waals surface area contributed by atoms with Gasteiger partial charge in [-0.2, -0.15) is 5.10 Å². The maximum Gasteiger partial charge on any atom is 0.274 e. The molecule has 1 fully saturated rings. The van der Waals surface area contributed by atoms with Gasteiger partial charge in [0.1, 0.15) is 0 Å². The van der Waals surface area contributed by atoms with Crippen molar-refractivity contribution >= 4 is 11.6 Å². The Labute approximate surface area is 131 Å². The topological polar surface area (TPSA) is 41.4 Å². The molecule has 2 aromatic rings. The fraction of sp³-hybridized carbons (Fsp3) is 0.412. The van der Waals surface area contributed by atoms with Gasteiger partial charge in [-0.15, -0.1) is 0 Å². The van der Waals surface area contributed by atoms with Gasteiger partial charge in [-0.05, 0) is 31.5 Å². The van der Waals surface area contributed by atoms with Crippen LogP contribution in [-0.2, 0) is 7.05 Å². The van der Waals surface area contributed by atoms with E-state index >= 15 is 0 Å². The van der Waals surface area contributed by atoms with E-state index in [4.69, 9.17) is 0 Å². The molecule has 2 heterocycles. The van der Waals surface area contributed by atoms with Gasteiger partial charge < -0.3 is 9.80 Å². The second-order valence-corrected chi connectivity index (χ2v) is 5.76. The average Bonchev–Trinajstić information content (AvgIpc) is 2.76. The fourth-order valence-corrected chi connectivity index (χ4v) is 2.84. The molecule has 1 aliphatic heterocycles. The van der Waals surface area contributed by atoms with Crippen LogP contribution < -0.4 is 4.90 Å². The number of amides is 1. The molecule has 0 aliphatic carbocycles. The van der Waals surface area contributed by atoms with Crippen LogP contribution in [0.3, 0.4) is 0 Å². The van der Waals surface area contributed by atoms with Crippen molar-refractivity contribution < 1.29 is 4.79 Å². The van der Waals surface area contributed by atoms with Crippen molar-refractivity contribution in [2.24, 2.45) is 7.05 Å². The van der Waals surface area contributed by atoms with Crippen LogP contribution in [0.5, 0.6) is 0 Å². The molecule has 3 rings (SSSR count). The van der Waals surface area contributed by atoms with Crippen LogP contribution in [0.25, 0.3) is 0 Å². The first-order valence-electron chi connectivity index (χ1n) is 7.75. The summed E-state index contributed by atoms with van der Waals surface area (Å²) in [6.45, 7) is 5.33. The molecule has 5 nitrogen and oxygen atoms in total. The smallest absolute Gasteiger partial charge is 0.274 e. The van der Waals surface area contributed by atoms with E-state index in [9.17, 15) is 4.79 Å². The Morgan fingerprint density at radius 2 is 1.86 bits per heavy atom. The van der Waals surface area contributed by atoms with E-state index in [2.05, 4.69) is 34.3 Å². The summed E-state index contributed by atoms with van der Waals surface area (Å²) in [5.41, 5.74) is 2.78. The first kappa shape index (κ1) is 14.6. The summed E-state index contributed by atoms with van der Waals surface area (Å²) in [5, 5.41) is 4.30. The number of carbonyl (C=O) groups excluding carboxylic acids is 1. The summed E-state index contributed by atoms with van der Waals surface area (Å²) in [6.07, 6.45) is 0.979. The van der Waals surface area contributed by atoms with E-state index in [1.54, 1.807) is 4.68 Å². The number of aryl methyl sites for hydroxylation is 2. The molecule has 0 saturated carbocycles. The molecule has 0 unspecified atom stereocenters. The summed E-state index contributed by atoms with van der Waals surface area (Å²) < 4.78 is 1.75. The molecule has 1 aromatic carbocycles. The maximum absolute atomic E-state index is 12.6. The van der Waals surface area contributed by atoms with Crippen molar-refractivity contribution in [1.29, 1.82) is 0 Å². The van der Waals surface area contributed by atoms with Gasteiger partial charge in [-0.3, -0.25) is 9.48 Å². The quantitative estimate of drug-likeness (QED) is 0.852. The lowest BCUT2D eigenvalue weighted by Crippen LogP contribution is -2.35. The Morgan fingerprint density at radius 1 is 1.09 bits per heavy atom. The van der Waals surface area contributed by atoms with E-state index in [0.29, 0.717) is 5.69 Å². The second kappa shape index (κ2) is 6.22. The molecular weight excluding hydrogens is 276 g/mol. The van der Waals surface area contributed by atoms with Gasteiger partial charge >= 0.3 is 0 Å². The summed E-state index contributed by atoms with van der Waals surface area (Å²) in [4.78, 5) is 16.9. The number of carbonyl (C=O) groups is 1. The van der Waals surface area contributed by atoms with Gasteiger partial charge in [0.2, 0.25) is 0 Å². The highest BCUT2D eigenvalue weighted by Crippen LogP contribution is 2.16. The van der Waals surface area contributed by atoms with Gasteiger partial charge in [-0.1, -0.05) is 18.2 Å². The second-order valence-electron chi connectivity index (χ2n) is 5.76. The number of hydrogen-bond donors (Lipinski definition) is 0. The Kier molecular flexibility index (Phi) is 4.13. The molecule has 0 radical (unpaired) electrons. The first-order valence-corrected chi connectivity index (χ1v) is 7.75. The summed E-state index contributed by atoms with van der Waals surface area (Å²) in [6, 6.07) is 12.3. The normalized spacial score (nSPS) is 15.7. The molecule has 22 heavy (non-hydrogen) atoms. The molecule has 0 N–H and O–H groups in total. The van der Waals surface area contributed by atoms with Gasteiger partial charge in [0.15, 0.2) is 5.69 Å². The number of nitrogens with zero attached hydrogens (tertiary/aromatic N) is 4. The highest BCUT2D eigenvalue weighted by atomic mass is 16.2. The van der Waals surface area contributed by atoms with Crippen molar-refractivity contribution in [1.82, 2.24) is 14.7 Å². The van der Waals surface area contributed by atoms with E-state index < -0.39 is 0 Å². The SMILES string of the molecule is Cc1cc(C(=O)N2CCCN(c3ccccc3)CC2)nn1C. The summed E-state index contributed by atoms with van der Waals surface area (Å²) in [5.74, 6) is 0.0404. The molecule has 5 heteroatoms. The Morgan fingerprint density at radius 3 is 2.55 bits per heavy atom. The standard InChI is InChI=1S/C17H22N4O/c1-14-13-16(18-19(14)2)17(22)21-10-6-9-20(11-12-21)15-7-4-3-5-8-15/h3-5,7-8,13H,6,9-12H2,1-2H3. The van der Waals surface area contributed by atoms with Gasteiger partial charge in [0, 0.05) is 44.6 Å². The van der Waals surface area contributed by atoms with Crippen molar-refractivity contribution in [2.45, 2.75) is 13.3 Å². The molecule has 0 atom stereocenters. The first-order chi connectivity index (χ1) is 10.6. The van der Waals surface area contributed by atoms with Crippen LogP contribution >= 0.6 is 0 Å². The predicted octanol–water partition coefficient (Wildman–Crippen LogP) is 2.08. The zero-order valence-electron chi connectivity index (χ0n) is 13.2. The number of aromatic nitrogens is 2. The highest BCUT2D eigenvalue weighted by Gasteiger charge is 2.22. The van der Waals surface area contributed by atoms with Crippen molar-refractivity contribution in [3.63, 3.8) is 0 Å². The predicted molar refractivity (Wildman–Crippen MR) is 87.1 cm³/mol. The zero-order chi connectivity index (χ0) is 15.5. The molecule has 1 aromatic heterocycles. The number of anilines is 1. The van der Waals surface area contributed by atoms with Crippen molar-refractivity contribution in [3.05, 3.63) is 47.8 Å². The lowest BCUT2D eigenvalue weighted by atomic mass is 10.3. The van der Waals surface area contributed by atoms with Gasteiger partial charge in [-0.25, -0.2) is 0 Å². The molecule has 1 amide bonds. The average molecular weight is 298 g/mol. The van der Waals surface area contributed by atoms with E-state index in [1.165, 1.54) is 5.69 Å². The number of benzene rings is 1. The molecular formula is C17H22N4O. The van der Waals surface area contributed by atoms with E-state index in [1.807, 2.05) is 31.0 Å². The molecule has 0 spiro atoms. The molecule has 0 bridgehead atoms. The Balaban J connectivity index is 1.69. The van der Waals surface area contributed by atoms with Gasteiger partial charge in [0.05, 0.1) is 0 Å². The molecule has 1 saturated heterocycles. The van der Waals surface area contributed by atoms with Crippen LogP contribution in [0.1, 0.15) is 22.6 Å². The minimum Gasteiger partial charge on any atom is -0.370 e. The summed E-state index contributed by atoms with van der Waals surface area (Å²) in [7, 11) is 1.87. The fourth-order valence-electron chi connectivity index (χ4n) is 2.84. The zero-order valence-corrected chi connectivity index (χ0v) is 13.2. The number of para-hydroxylation sites is 1. The highest BCUT2D eigenvalue weighted by molar-refractivity contribution is 5.92. The van der Waals surface area contributed by atoms with Crippen LogP contribution in [0, 0.1) is 6.92 Å². The van der Waals surface area contributed by atoms with E-state index in [0.717, 1.165) is 38.3 Å². The monoisotopic (exact) mass is 298 g/mol. The maximum atomic E-state index is 12.6. The van der Waals surface area contributed by atoms with Crippen molar-refractivity contribution in [3.8, 4) is 0 Å². The minimum atomic E-state index is 0.0404. The summed E-state index contributed by atoms with van der Waals surface area (Å²) >= 11 is 0. The molecule has 1 aliphatic rings. The third-order valence-corrected chi connectivity index (χ3v) is 4.24. The molecule has 116 valence electrons. The lowest BCUT2D eigenvalue weighted by molar-refractivity contribution is 0.0760. The van der Waals surface area contributed by atoms with Crippen LogP contribution in [0.2, 0.25) is 0 Å². The number of hydrogen-bond acceptors (Lipinski definition) is 3. The minimum absolute atomic E-state index is 0.0404. The third-order valence-electron chi connectivity index (χ3n) is 4.24. The van der Waals surface area contributed by atoms with Crippen LogP contribution in [0.4, 0.5) is 5.69 Å². The van der Waals surface area contributed by atoms with Gasteiger partial charge in [0.25, 0.3) is 5.91 Å². The number of rotatable bonds is 2. The van der Waals surface area contributed by atoms with Crippen molar-refractivity contribution in [2.75, 3.05) is 31.1 Å². The largest absolute Gasteiger partial charge is 0.370 e. The van der Waals surface area contributed by atoms with Crippen LogP contribution in [0.15, 0.2) is 36.4 Å². The lowest BCUT2D eigenvalue weighted by Gasteiger charge is -2.23. The Hall–Kier alpha value is -2.30. The van der Waals surface area contributed by atoms with E-state index in [-0.39, 0.29) is 5.91 Å². The van der Waals surface area contributed by atoms with Crippen LogP contribution in [-0.4, -0.2) is 46.8 Å². The third kappa shape index (κ3) is 2.98. The Bertz CT molecular complexity index is 630.